The Hall–Kier alpha value is -0.410. The van der Waals surface area contributed by atoms with E-state index in [-0.39, 0.29) is 11.4 Å². The highest BCUT2D eigenvalue weighted by Gasteiger charge is 2.10. The van der Waals surface area contributed by atoms with Crippen LogP contribution in [0.25, 0.3) is 0 Å². The predicted octanol–water partition coefficient (Wildman–Crippen LogP) is 2.78. The van der Waals surface area contributed by atoms with Gasteiger partial charge >= 0.3 is 0 Å². The maximum Gasteiger partial charge on any atom is 0.138 e. The van der Waals surface area contributed by atoms with Crippen molar-refractivity contribution in [2.75, 3.05) is 0 Å². The molecule has 0 spiro atoms. The second-order valence-electron chi connectivity index (χ2n) is 3.80. The van der Waals surface area contributed by atoms with Crippen molar-refractivity contribution in [1.82, 2.24) is 5.32 Å². The van der Waals surface area contributed by atoms with Crippen molar-refractivity contribution in [3.63, 3.8) is 0 Å². The third-order valence-corrected chi connectivity index (χ3v) is 2.37. The van der Waals surface area contributed by atoms with Gasteiger partial charge in [-0.1, -0.05) is 0 Å². The summed E-state index contributed by atoms with van der Waals surface area (Å²) in [6.07, 6.45) is 0. The monoisotopic (exact) mass is 187 g/mol. The fourth-order valence-corrected chi connectivity index (χ4v) is 1.48. The van der Waals surface area contributed by atoms with Gasteiger partial charge < -0.3 is 5.32 Å². The molecule has 1 N–H and O–H groups in total. The van der Waals surface area contributed by atoms with Crippen LogP contribution in [0.3, 0.4) is 0 Å². The summed E-state index contributed by atoms with van der Waals surface area (Å²) < 4.78 is 12.9. The number of hydrogen-bond donors (Lipinski definition) is 1. The largest absolute Gasteiger partial charge is 0.307 e. The van der Waals surface area contributed by atoms with Gasteiger partial charge in [-0.3, -0.25) is 0 Å². The van der Waals surface area contributed by atoms with Gasteiger partial charge in [-0.05, 0) is 32.2 Å². The van der Waals surface area contributed by atoms with Gasteiger partial charge in [0.05, 0.1) is 4.88 Å². The molecule has 0 aliphatic rings. The van der Waals surface area contributed by atoms with Gasteiger partial charge in [0.2, 0.25) is 0 Å². The van der Waals surface area contributed by atoms with Crippen molar-refractivity contribution in [2.45, 2.75) is 32.9 Å². The lowest BCUT2D eigenvalue weighted by molar-refractivity contribution is 0.421. The first kappa shape index (κ1) is 9.68. The molecule has 0 amide bonds. The van der Waals surface area contributed by atoms with Gasteiger partial charge in [0.1, 0.15) is 5.82 Å². The van der Waals surface area contributed by atoms with E-state index >= 15 is 0 Å². The third-order valence-electron chi connectivity index (χ3n) is 1.47. The molecule has 0 aromatic carbocycles. The van der Waals surface area contributed by atoms with Crippen LogP contribution in [-0.4, -0.2) is 5.54 Å². The van der Waals surface area contributed by atoms with Crippen LogP contribution >= 0.6 is 11.3 Å². The van der Waals surface area contributed by atoms with Crippen LogP contribution in [0.15, 0.2) is 11.4 Å². The second-order valence-corrected chi connectivity index (χ2v) is 4.80. The second kappa shape index (κ2) is 3.54. The zero-order valence-corrected chi connectivity index (χ0v) is 8.46. The van der Waals surface area contributed by atoms with Crippen molar-refractivity contribution >= 4 is 11.3 Å². The lowest BCUT2D eigenvalue weighted by Gasteiger charge is -2.19. The molecule has 12 heavy (non-hydrogen) atoms. The van der Waals surface area contributed by atoms with Crippen LogP contribution in [0.4, 0.5) is 4.39 Å². The highest BCUT2D eigenvalue weighted by Crippen LogP contribution is 2.15. The molecule has 0 aliphatic carbocycles. The molecule has 1 aromatic heterocycles. The summed E-state index contributed by atoms with van der Waals surface area (Å²) >= 11 is 1.45. The van der Waals surface area contributed by atoms with E-state index in [0.717, 1.165) is 4.88 Å². The van der Waals surface area contributed by atoms with E-state index in [9.17, 15) is 4.39 Å². The number of halogens is 1. The summed E-state index contributed by atoms with van der Waals surface area (Å²) in [4.78, 5) is 0.782. The molecule has 68 valence electrons. The van der Waals surface area contributed by atoms with Crippen LogP contribution in [0.1, 0.15) is 25.6 Å². The third kappa shape index (κ3) is 2.91. The smallest absolute Gasteiger partial charge is 0.138 e. The van der Waals surface area contributed by atoms with E-state index in [4.69, 9.17) is 0 Å². The highest BCUT2D eigenvalue weighted by atomic mass is 32.1. The lowest BCUT2D eigenvalue weighted by atomic mass is 10.1. The highest BCUT2D eigenvalue weighted by molar-refractivity contribution is 7.09. The maximum atomic E-state index is 12.9. The Balaban J connectivity index is 2.49. The van der Waals surface area contributed by atoms with Gasteiger partial charge in [-0.2, -0.15) is 0 Å². The quantitative estimate of drug-likeness (QED) is 0.750. The molecule has 0 unspecified atom stereocenters. The van der Waals surface area contributed by atoms with Gasteiger partial charge in [0.15, 0.2) is 0 Å². The van der Waals surface area contributed by atoms with Crippen molar-refractivity contribution in [3.8, 4) is 0 Å². The average molecular weight is 187 g/mol. The maximum absolute atomic E-state index is 12.9. The van der Waals surface area contributed by atoms with Crippen molar-refractivity contribution in [2.24, 2.45) is 0 Å². The van der Waals surface area contributed by atoms with Crippen LogP contribution in [0.5, 0.6) is 0 Å². The van der Waals surface area contributed by atoms with Crippen LogP contribution in [0, 0.1) is 5.82 Å². The van der Waals surface area contributed by atoms with Gasteiger partial charge in [0, 0.05) is 12.1 Å². The first-order valence-corrected chi connectivity index (χ1v) is 4.84. The summed E-state index contributed by atoms with van der Waals surface area (Å²) in [5, 5.41) is 5.01. The fraction of sp³-hybridized carbons (Fsp3) is 0.556. The molecule has 0 aliphatic heterocycles. The molecular formula is C9H14FNS. The van der Waals surface area contributed by atoms with E-state index in [1.807, 2.05) is 0 Å². The van der Waals surface area contributed by atoms with Gasteiger partial charge in [0.25, 0.3) is 0 Å². The first-order chi connectivity index (χ1) is 5.49. The normalized spacial score (nSPS) is 12.0. The fourth-order valence-electron chi connectivity index (χ4n) is 0.797. The minimum absolute atomic E-state index is 0.0520. The van der Waals surface area contributed by atoms with Crippen LogP contribution in [0.2, 0.25) is 0 Å². The molecule has 3 heteroatoms. The minimum atomic E-state index is -0.100. The van der Waals surface area contributed by atoms with Gasteiger partial charge in [-0.15, -0.1) is 11.3 Å². The number of hydrogen-bond acceptors (Lipinski definition) is 2. The Morgan fingerprint density at radius 3 is 2.58 bits per heavy atom. The molecule has 0 bridgehead atoms. The zero-order chi connectivity index (χ0) is 9.19. The average Bonchev–Trinajstić information content (AvgIpc) is 2.29. The molecule has 1 aromatic rings. The summed E-state index contributed by atoms with van der Waals surface area (Å²) in [5.74, 6) is -0.100. The molecule has 0 atom stereocenters. The molecule has 0 radical (unpaired) electrons. The molecular weight excluding hydrogens is 173 g/mol. The topological polar surface area (TPSA) is 12.0 Å². The van der Waals surface area contributed by atoms with Crippen molar-refractivity contribution in [1.29, 1.82) is 0 Å². The number of rotatable bonds is 2. The standard InChI is InChI=1S/C9H14FNS/c1-9(2,3)11-6-8-7(10)4-5-12-8/h4-5,11H,6H2,1-3H3. The summed E-state index contributed by atoms with van der Waals surface area (Å²) in [7, 11) is 0. The number of thiophene rings is 1. The van der Waals surface area contributed by atoms with Crippen molar-refractivity contribution < 1.29 is 4.39 Å². The van der Waals surface area contributed by atoms with E-state index in [1.54, 1.807) is 5.38 Å². The molecule has 1 heterocycles. The summed E-state index contributed by atoms with van der Waals surface area (Å²) in [6, 6.07) is 1.50. The van der Waals surface area contributed by atoms with E-state index in [1.165, 1.54) is 17.4 Å². The SMILES string of the molecule is CC(C)(C)NCc1sccc1F. The lowest BCUT2D eigenvalue weighted by Crippen LogP contribution is -2.34. The Kier molecular flexibility index (Phi) is 2.85. The molecule has 0 saturated heterocycles. The van der Waals surface area contributed by atoms with Crippen LogP contribution in [-0.2, 0) is 6.54 Å². The first-order valence-electron chi connectivity index (χ1n) is 3.96. The van der Waals surface area contributed by atoms with E-state index in [0.29, 0.717) is 6.54 Å². The Morgan fingerprint density at radius 2 is 2.17 bits per heavy atom. The molecule has 0 saturated carbocycles. The summed E-state index contributed by atoms with van der Waals surface area (Å²) in [6.45, 7) is 6.82. The van der Waals surface area contributed by atoms with E-state index in [2.05, 4.69) is 26.1 Å². The van der Waals surface area contributed by atoms with Crippen LogP contribution < -0.4 is 5.32 Å². The molecule has 0 fully saturated rings. The Morgan fingerprint density at radius 1 is 1.50 bits per heavy atom. The zero-order valence-electron chi connectivity index (χ0n) is 7.65. The van der Waals surface area contributed by atoms with E-state index < -0.39 is 0 Å². The Bertz CT molecular complexity index is 249. The molecule has 1 nitrogen and oxygen atoms in total. The Labute approximate surface area is 76.6 Å². The summed E-state index contributed by atoms with van der Waals surface area (Å²) in [5.41, 5.74) is 0.0520. The van der Waals surface area contributed by atoms with Crippen molar-refractivity contribution in [3.05, 3.63) is 22.1 Å². The predicted molar refractivity (Wildman–Crippen MR) is 50.9 cm³/mol. The molecule has 1 rings (SSSR count). The van der Waals surface area contributed by atoms with Gasteiger partial charge in [-0.25, -0.2) is 4.39 Å². The minimum Gasteiger partial charge on any atom is -0.307 e. The number of nitrogens with one attached hydrogen (secondary N) is 1.